The van der Waals surface area contributed by atoms with Gasteiger partial charge in [-0.05, 0) is 42.9 Å². The van der Waals surface area contributed by atoms with E-state index in [1.54, 1.807) is 6.92 Å². The van der Waals surface area contributed by atoms with Crippen molar-refractivity contribution in [3.8, 4) is 0 Å². The number of ketones is 1. The Bertz CT molecular complexity index is 534. The van der Waals surface area contributed by atoms with Crippen molar-refractivity contribution in [3.63, 3.8) is 0 Å². The lowest BCUT2D eigenvalue weighted by Crippen LogP contribution is -2.08. The van der Waals surface area contributed by atoms with E-state index in [-0.39, 0.29) is 11.7 Å². The molecule has 0 radical (unpaired) electrons. The van der Waals surface area contributed by atoms with Gasteiger partial charge < -0.3 is 0 Å². The fourth-order valence-corrected chi connectivity index (χ4v) is 3.12. The molecule has 0 aliphatic heterocycles. The third-order valence-corrected chi connectivity index (χ3v) is 3.81. The van der Waals surface area contributed by atoms with Crippen molar-refractivity contribution >= 4 is 11.4 Å². The van der Waals surface area contributed by atoms with Crippen LogP contribution in [0.2, 0.25) is 0 Å². The number of carbonyl (C=O) groups is 1. The van der Waals surface area contributed by atoms with Gasteiger partial charge in [-0.25, -0.2) is 0 Å². The lowest BCUT2D eigenvalue weighted by Gasteiger charge is -2.12. The van der Waals surface area contributed by atoms with Crippen molar-refractivity contribution in [2.24, 2.45) is 0 Å². The second kappa shape index (κ2) is 3.99. The largest absolute Gasteiger partial charge is 0.299 e. The molecule has 0 amide bonds. The Morgan fingerprint density at radius 1 is 1.24 bits per heavy atom. The van der Waals surface area contributed by atoms with Gasteiger partial charge >= 0.3 is 0 Å². The molecule has 0 saturated carbocycles. The summed E-state index contributed by atoms with van der Waals surface area (Å²) in [5, 5.41) is 0. The highest BCUT2D eigenvalue weighted by molar-refractivity contribution is 5.95. The minimum Gasteiger partial charge on any atom is -0.299 e. The van der Waals surface area contributed by atoms with E-state index in [2.05, 4.69) is 30.4 Å². The van der Waals surface area contributed by atoms with Gasteiger partial charge in [0.25, 0.3) is 0 Å². The van der Waals surface area contributed by atoms with E-state index in [1.165, 1.54) is 22.3 Å². The van der Waals surface area contributed by atoms with Gasteiger partial charge in [-0.15, -0.1) is 0 Å². The molecule has 0 heterocycles. The molecule has 2 aliphatic rings. The quantitative estimate of drug-likeness (QED) is 0.662. The number of carbonyl (C=O) groups excluding carboxylic acids is 1. The zero-order valence-corrected chi connectivity index (χ0v) is 10.1. The molecule has 0 fully saturated rings. The average molecular weight is 224 g/mol. The van der Waals surface area contributed by atoms with Gasteiger partial charge in [0.05, 0.1) is 5.92 Å². The molecule has 1 unspecified atom stereocenters. The molecule has 86 valence electrons. The maximum Gasteiger partial charge on any atom is 0.141 e. The fraction of sp³-hybridized carbons (Fsp3) is 0.312. The van der Waals surface area contributed by atoms with Crippen LogP contribution in [-0.2, 0) is 4.79 Å². The van der Waals surface area contributed by atoms with E-state index >= 15 is 0 Å². The third-order valence-electron chi connectivity index (χ3n) is 3.81. The Balaban J connectivity index is 2.18. The molecule has 0 N–H and O–H groups in total. The maximum atomic E-state index is 11.9. The molecule has 3 rings (SSSR count). The van der Waals surface area contributed by atoms with E-state index in [0.717, 1.165) is 19.3 Å². The van der Waals surface area contributed by atoms with Crippen molar-refractivity contribution in [3.05, 3.63) is 53.1 Å². The lowest BCUT2D eigenvalue weighted by molar-refractivity contribution is -0.117. The van der Waals surface area contributed by atoms with Crippen LogP contribution in [0, 0.1) is 0 Å². The molecule has 0 saturated heterocycles. The minimum absolute atomic E-state index is 0.0288. The summed E-state index contributed by atoms with van der Waals surface area (Å²) in [4.78, 5) is 11.9. The van der Waals surface area contributed by atoms with Gasteiger partial charge in [-0.1, -0.05) is 42.0 Å². The Morgan fingerprint density at radius 3 is 2.88 bits per heavy atom. The molecule has 0 bridgehead atoms. The van der Waals surface area contributed by atoms with Crippen molar-refractivity contribution in [2.75, 3.05) is 0 Å². The summed E-state index contributed by atoms with van der Waals surface area (Å²) in [6.07, 6.45) is 7.55. The Labute approximate surface area is 102 Å². The van der Waals surface area contributed by atoms with Crippen molar-refractivity contribution < 1.29 is 4.79 Å². The van der Waals surface area contributed by atoms with Crippen molar-refractivity contribution in [1.82, 2.24) is 0 Å². The molecule has 1 aromatic rings. The van der Waals surface area contributed by atoms with E-state index < -0.39 is 0 Å². The van der Waals surface area contributed by atoms with Crippen LogP contribution in [0.15, 0.2) is 42.0 Å². The second-order valence-corrected chi connectivity index (χ2v) is 4.85. The predicted octanol–water partition coefficient (Wildman–Crippen LogP) is 3.87. The third kappa shape index (κ3) is 1.57. The van der Waals surface area contributed by atoms with Crippen LogP contribution in [0.25, 0.3) is 5.57 Å². The van der Waals surface area contributed by atoms with Gasteiger partial charge in [-0.2, -0.15) is 0 Å². The number of Topliss-reactive ketones (excluding diaryl/α,β-unsaturated/α-hetero) is 1. The second-order valence-electron chi connectivity index (χ2n) is 4.85. The predicted molar refractivity (Wildman–Crippen MR) is 69.8 cm³/mol. The highest BCUT2D eigenvalue weighted by Gasteiger charge is 2.33. The van der Waals surface area contributed by atoms with Gasteiger partial charge in [0.15, 0.2) is 0 Å². The van der Waals surface area contributed by atoms with E-state index in [4.69, 9.17) is 0 Å². The molecule has 17 heavy (non-hydrogen) atoms. The number of allylic oxidation sites excluding steroid dienone is 4. The standard InChI is InChI=1S/C16H16O/c1-11(17)16-14-9-4-2-3-7-12(14)13-8-5-6-10-15(13)16/h2-3,5-6,8,10,16H,4,7,9H2,1H3. The van der Waals surface area contributed by atoms with Crippen molar-refractivity contribution in [1.29, 1.82) is 0 Å². The molecule has 1 aromatic carbocycles. The first kappa shape index (κ1) is 10.5. The molecule has 0 spiro atoms. The molecular weight excluding hydrogens is 208 g/mol. The topological polar surface area (TPSA) is 17.1 Å². The Hall–Kier alpha value is -1.63. The normalized spacial score (nSPS) is 22.1. The summed E-state index contributed by atoms with van der Waals surface area (Å²) >= 11 is 0. The Morgan fingerprint density at radius 2 is 2.06 bits per heavy atom. The fourth-order valence-electron chi connectivity index (χ4n) is 3.12. The van der Waals surface area contributed by atoms with Crippen LogP contribution < -0.4 is 0 Å². The van der Waals surface area contributed by atoms with E-state index in [1.807, 2.05) is 6.07 Å². The van der Waals surface area contributed by atoms with Crippen LogP contribution >= 0.6 is 0 Å². The summed E-state index contributed by atoms with van der Waals surface area (Å²) < 4.78 is 0. The number of hydrogen-bond acceptors (Lipinski definition) is 1. The molecule has 1 nitrogen and oxygen atoms in total. The van der Waals surface area contributed by atoms with Crippen LogP contribution in [0.4, 0.5) is 0 Å². The number of rotatable bonds is 1. The molecular formula is C16H16O. The molecule has 0 aromatic heterocycles. The minimum atomic E-state index is 0.0288. The lowest BCUT2D eigenvalue weighted by atomic mass is 9.90. The van der Waals surface area contributed by atoms with Crippen LogP contribution in [0.3, 0.4) is 0 Å². The molecule has 1 heteroatoms. The average Bonchev–Trinajstić information content (AvgIpc) is 2.48. The Kier molecular flexibility index (Phi) is 2.47. The first-order valence-electron chi connectivity index (χ1n) is 6.25. The van der Waals surface area contributed by atoms with E-state index in [9.17, 15) is 4.79 Å². The molecule has 2 aliphatic carbocycles. The zero-order chi connectivity index (χ0) is 11.8. The van der Waals surface area contributed by atoms with Gasteiger partial charge in [0.1, 0.15) is 5.78 Å². The van der Waals surface area contributed by atoms with Crippen LogP contribution in [0.1, 0.15) is 43.2 Å². The van der Waals surface area contributed by atoms with Gasteiger partial charge in [-0.3, -0.25) is 4.79 Å². The van der Waals surface area contributed by atoms with E-state index in [0.29, 0.717) is 0 Å². The summed E-state index contributed by atoms with van der Waals surface area (Å²) in [5.41, 5.74) is 5.29. The first-order valence-corrected chi connectivity index (χ1v) is 6.25. The highest BCUT2D eigenvalue weighted by Crippen LogP contribution is 2.46. The van der Waals surface area contributed by atoms with Crippen LogP contribution in [0.5, 0.6) is 0 Å². The molecule has 1 atom stereocenters. The number of benzene rings is 1. The number of hydrogen-bond donors (Lipinski definition) is 0. The smallest absolute Gasteiger partial charge is 0.141 e. The first-order chi connectivity index (χ1) is 8.29. The van der Waals surface area contributed by atoms with Gasteiger partial charge in [0, 0.05) is 0 Å². The van der Waals surface area contributed by atoms with Gasteiger partial charge in [0.2, 0.25) is 0 Å². The summed E-state index contributed by atoms with van der Waals surface area (Å²) in [7, 11) is 0. The highest BCUT2D eigenvalue weighted by atomic mass is 16.1. The summed E-state index contributed by atoms with van der Waals surface area (Å²) in [6, 6.07) is 8.38. The zero-order valence-electron chi connectivity index (χ0n) is 10.1. The number of fused-ring (bicyclic) bond motifs is 2. The van der Waals surface area contributed by atoms with Crippen LogP contribution in [-0.4, -0.2) is 5.78 Å². The summed E-state index contributed by atoms with van der Waals surface area (Å²) in [5.74, 6) is 0.311. The van der Waals surface area contributed by atoms with Crippen molar-refractivity contribution in [2.45, 2.75) is 32.1 Å². The SMILES string of the molecule is CC(=O)C1C2=C(CC=CCC2)c2ccccc21. The monoisotopic (exact) mass is 224 g/mol. The maximum absolute atomic E-state index is 11.9. The summed E-state index contributed by atoms with van der Waals surface area (Å²) in [6.45, 7) is 1.72.